The third-order valence-corrected chi connectivity index (χ3v) is 4.30. The zero-order valence-electron chi connectivity index (χ0n) is 9.28. The van der Waals surface area contributed by atoms with Gasteiger partial charge >= 0.3 is 0 Å². The molecule has 1 atom stereocenters. The Hall–Kier alpha value is -0.420. The molecule has 17 heavy (non-hydrogen) atoms. The quantitative estimate of drug-likeness (QED) is 0.914. The average Bonchev–Trinajstić information content (AvgIpc) is 2.82. The first-order valence-electron chi connectivity index (χ1n) is 5.21. The number of hydrogen-bond acceptors (Lipinski definition) is 3. The molecule has 90 valence electrons. The molecule has 5 heteroatoms. The molecule has 0 aliphatic carbocycles. The minimum absolute atomic E-state index is 0.217. The Morgan fingerprint density at radius 1 is 1.53 bits per heavy atom. The molecular weight excluding hydrogens is 320 g/mol. The molecule has 0 aliphatic rings. The Bertz CT molecular complexity index is 487. The molecule has 1 N–H and O–H groups in total. The number of halogens is 2. The Morgan fingerprint density at radius 3 is 3.00 bits per heavy atom. The first kappa shape index (κ1) is 13.0. The lowest BCUT2D eigenvalue weighted by Crippen LogP contribution is -2.19. The lowest BCUT2D eigenvalue weighted by Gasteiger charge is -2.17. The van der Waals surface area contributed by atoms with Crippen LogP contribution in [-0.4, -0.2) is 12.0 Å². The van der Waals surface area contributed by atoms with Crippen LogP contribution in [0.25, 0.3) is 0 Å². The maximum Gasteiger partial charge on any atom is 0.0943 e. The van der Waals surface area contributed by atoms with Gasteiger partial charge in [-0.3, -0.25) is 0 Å². The summed E-state index contributed by atoms with van der Waals surface area (Å²) in [5.74, 6) is 0. The van der Waals surface area contributed by atoms with E-state index in [0.717, 1.165) is 26.5 Å². The molecular formula is C12H12BrClN2S. The summed E-state index contributed by atoms with van der Waals surface area (Å²) in [5, 5.41) is 7.17. The highest BCUT2D eigenvalue weighted by atomic mass is 79.9. The highest BCUT2D eigenvalue weighted by Gasteiger charge is 2.15. The van der Waals surface area contributed by atoms with Crippen molar-refractivity contribution < 1.29 is 0 Å². The Kier molecular flexibility index (Phi) is 4.56. The van der Waals surface area contributed by atoms with Gasteiger partial charge in [0.15, 0.2) is 0 Å². The molecule has 0 saturated carbocycles. The third kappa shape index (κ3) is 3.28. The van der Waals surface area contributed by atoms with E-state index in [1.807, 2.05) is 36.8 Å². The van der Waals surface area contributed by atoms with Gasteiger partial charge in [0.2, 0.25) is 0 Å². The van der Waals surface area contributed by atoms with Crippen LogP contribution in [0.1, 0.15) is 16.6 Å². The number of nitrogens with zero attached hydrogens (tertiary/aromatic N) is 1. The summed E-state index contributed by atoms with van der Waals surface area (Å²) in [5.41, 5.74) is 1.16. The van der Waals surface area contributed by atoms with Crippen molar-refractivity contribution in [3.8, 4) is 0 Å². The first-order valence-corrected chi connectivity index (χ1v) is 7.26. The second-order valence-electron chi connectivity index (χ2n) is 3.64. The monoisotopic (exact) mass is 330 g/mol. The van der Waals surface area contributed by atoms with Gasteiger partial charge in [-0.2, -0.15) is 0 Å². The van der Waals surface area contributed by atoms with Crippen molar-refractivity contribution in [3.63, 3.8) is 0 Å². The zero-order valence-corrected chi connectivity index (χ0v) is 12.4. The predicted molar refractivity (Wildman–Crippen MR) is 76.8 cm³/mol. The van der Waals surface area contributed by atoms with E-state index in [1.54, 1.807) is 11.3 Å². The van der Waals surface area contributed by atoms with Crippen LogP contribution in [0.15, 0.2) is 34.2 Å². The molecule has 0 aliphatic heterocycles. The van der Waals surface area contributed by atoms with E-state index in [4.69, 9.17) is 11.6 Å². The fraction of sp³-hybridized carbons (Fsp3) is 0.250. The molecule has 1 aromatic carbocycles. The molecule has 0 bridgehead atoms. The number of benzene rings is 1. The van der Waals surface area contributed by atoms with Gasteiger partial charge in [0, 0.05) is 33.5 Å². The number of hydrogen-bond donors (Lipinski definition) is 1. The standard InChI is InChI=1S/C12H12BrClN2S/c1-15-11(7-12-16-4-5-17-12)9-6-8(14)2-3-10(9)13/h2-6,11,15H,7H2,1H3. The van der Waals surface area contributed by atoms with Crippen LogP contribution in [0.3, 0.4) is 0 Å². The molecule has 0 fully saturated rings. The van der Waals surface area contributed by atoms with Gasteiger partial charge in [0.1, 0.15) is 0 Å². The Balaban J connectivity index is 2.25. The lowest BCUT2D eigenvalue weighted by atomic mass is 10.0. The molecule has 1 heterocycles. The summed E-state index contributed by atoms with van der Waals surface area (Å²) in [7, 11) is 1.95. The minimum atomic E-state index is 0.217. The van der Waals surface area contributed by atoms with Crippen LogP contribution >= 0.6 is 38.9 Å². The molecule has 1 unspecified atom stereocenters. The van der Waals surface area contributed by atoms with Crippen molar-refractivity contribution in [1.29, 1.82) is 0 Å². The summed E-state index contributed by atoms with van der Waals surface area (Å²) in [4.78, 5) is 4.31. The van der Waals surface area contributed by atoms with Gasteiger partial charge in [-0.05, 0) is 30.8 Å². The van der Waals surface area contributed by atoms with Gasteiger partial charge in [0.25, 0.3) is 0 Å². The third-order valence-electron chi connectivity index (χ3n) is 2.54. The summed E-state index contributed by atoms with van der Waals surface area (Å²) in [6.45, 7) is 0. The smallest absolute Gasteiger partial charge is 0.0943 e. The number of rotatable bonds is 4. The van der Waals surface area contributed by atoms with Gasteiger partial charge in [-0.1, -0.05) is 27.5 Å². The van der Waals surface area contributed by atoms with Crippen LogP contribution in [0.2, 0.25) is 5.02 Å². The van der Waals surface area contributed by atoms with Crippen molar-refractivity contribution in [2.45, 2.75) is 12.5 Å². The Labute approximate surface area is 118 Å². The van der Waals surface area contributed by atoms with E-state index >= 15 is 0 Å². The van der Waals surface area contributed by atoms with Crippen LogP contribution in [0.4, 0.5) is 0 Å². The maximum atomic E-state index is 6.04. The van der Waals surface area contributed by atoms with Gasteiger partial charge in [-0.15, -0.1) is 11.3 Å². The van der Waals surface area contributed by atoms with Crippen LogP contribution in [0, 0.1) is 0 Å². The molecule has 2 nitrogen and oxygen atoms in total. The molecule has 1 aromatic heterocycles. The van der Waals surface area contributed by atoms with Crippen molar-refractivity contribution in [1.82, 2.24) is 10.3 Å². The number of aromatic nitrogens is 1. The second-order valence-corrected chi connectivity index (χ2v) is 5.91. The van der Waals surface area contributed by atoms with E-state index in [2.05, 4.69) is 26.2 Å². The molecule has 0 radical (unpaired) electrons. The highest BCUT2D eigenvalue weighted by Crippen LogP contribution is 2.29. The zero-order chi connectivity index (χ0) is 12.3. The summed E-state index contributed by atoms with van der Waals surface area (Å²) in [6.07, 6.45) is 2.70. The molecule has 0 saturated heterocycles. The largest absolute Gasteiger partial charge is 0.313 e. The van der Waals surface area contributed by atoms with E-state index in [9.17, 15) is 0 Å². The van der Waals surface area contributed by atoms with Gasteiger partial charge in [0.05, 0.1) is 5.01 Å². The summed E-state index contributed by atoms with van der Waals surface area (Å²) < 4.78 is 1.07. The van der Waals surface area contributed by atoms with Crippen molar-refractivity contribution in [2.75, 3.05) is 7.05 Å². The average molecular weight is 332 g/mol. The van der Waals surface area contributed by atoms with Gasteiger partial charge in [-0.25, -0.2) is 4.98 Å². The van der Waals surface area contributed by atoms with Crippen LogP contribution in [-0.2, 0) is 6.42 Å². The fourth-order valence-corrected chi connectivity index (χ4v) is 3.04. The number of thiazole rings is 1. The van der Waals surface area contributed by atoms with Crippen molar-refractivity contribution in [3.05, 3.63) is 49.8 Å². The highest BCUT2D eigenvalue weighted by molar-refractivity contribution is 9.10. The second kappa shape index (κ2) is 5.96. The maximum absolute atomic E-state index is 6.04. The first-order chi connectivity index (χ1) is 8.20. The lowest BCUT2D eigenvalue weighted by molar-refractivity contribution is 0.588. The van der Waals surface area contributed by atoms with E-state index in [0.29, 0.717) is 0 Å². The van der Waals surface area contributed by atoms with Crippen LogP contribution in [0.5, 0.6) is 0 Å². The SMILES string of the molecule is CNC(Cc1nccs1)c1cc(Cl)ccc1Br. The molecule has 0 spiro atoms. The van der Waals surface area contributed by atoms with E-state index in [1.165, 1.54) is 0 Å². The normalized spacial score (nSPS) is 12.6. The van der Waals surface area contributed by atoms with E-state index < -0.39 is 0 Å². The summed E-state index contributed by atoms with van der Waals surface area (Å²) in [6, 6.07) is 6.06. The summed E-state index contributed by atoms with van der Waals surface area (Å²) >= 11 is 11.3. The molecule has 2 aromatic rings. The molecule has 0 amide bonds. The Morgan fingerprint density at radius 2 is 2.35 bits per heavy atom. The number of nitrogens with one attached hydrogen (secondary N) is 1. The minimum Gasteiger partial charge on any atom is -0.313 e. The van der Waals surface area contributed by atoms with Crippen molar-refractivity contribution >= 4 is 38.9 Å². The molecule has 2 rings (SSSR count). The van der Waals surface area contributed by atoms with E-state index in [-0.39, 0.29) is 6.04 Å². The van der Waals surface area contributed by atoms with Gasteiger partial charge < -0.3 is 5.32 Å². The fourth-order valence-electron chi connectivity index (χ4n) is 1.68. The topological polar surface area (TPSA) is 24.9 Å². The predicted octanol–water partition coefficient (Wildman–Crippen LogP) is 4.06. The van der Waals surface area contributed by atoms with Crippen LogP contribution < -0.4 is 5.32 Å². The van der Waals surface area contributed by atoms with Crippen molar-refractivity contribution in [2.24, 2.45) is 0 Å². The number of likely N-dealkylation sites (N-methyl/N-ethyl adjacent to an activating group) is 1.